The Morgan fingerprint density at radius 3 is 2.53 bits per heavy atom. The lowest BCUT2D eigenvalue weighted by Gasteiger charge is -2.01. The van der Waals surface area contributed by atoms with E-state index in [4.69, 9.17) is 15.2 Å². The van der Waals surface area contributed by atoms with Crippen molar-refractivity contribution < 1.29 is 19.1 Å². The van der Waals surface area contributed by atoms with Crippen LogP contribution in [0.5, 0.6) is 0 Å². The van der Waals surface area contributed by atoms with Gasteiger partial charge in [0.25, 0.3) is 0 Å². The summed E-state index contributed by atoms with van der Waals surface area (Å²) in [4.78, 5) is 21.8. The normalized spacial score (nSPS) is 23.5. The Kier molecular flexibility index (Phi) is 4.55. The van der Waals surface area contributed by atoms with Crippen LogP contribution in [0.2, 0.25) is 0 Å². The minimum absolute atomic E-state index is 0.393. The zero-order chi connectivity index (χ0) is 11.3. The monoisotopic (exact) mass is 215 g/mol. The van der Waals surface area contributed by atoms with Gasteiger partial charge < -0.3 is 15.2 Å². The van der Waals surface area contributed by atoms with Crippen LogP contribution in [0.25, 0.3) is 0 Å². The van der Waals surface area contributed by atoms with Crippen LogP contribution in [0.4, 0.5) is 0 Å². The Morgan fingerprint density at radius 1 is 1.27 bits per heavy atom. The molecule has 1 heterocycles. The Labute approximate surface area is 88.9 Å². The summed E-state index contributed by atoms with van der Waals surface area (Å²) < 4.78 is 9.69. The largest absolute Gasteiger partial charge is 0.464 e. The van der Waals surface area contributed by atoms with Gasteiger partial charge in [0.2, 0.25) is 5.91 Å². The molecule has 0 aromatic heterocycles. The lowest BCUT2D eigenvalue weighted by atomic mass is 10.2. The molecule has 0 bridgehead atoms. The summed E-state index contributed by atoms with van der Waals surface area (Å²) in [6, 6.07) is 0. The molecule has 0 radical (unpaired) electrons. The maximum absolute atomic E-state index is 11.2. The van der Waals surface area contributed by atoms with Crippen LogP contribution in [-0.2, 0) is 19.1 Å². The fourth-order valence-electron chi connectivity index (χ4n) is 1.29. The number of hydrogen-bond donors (Lipinski definition) is 1. The number of epoxide rings is 1. The van der Waals surface area contributed by atoms with E-state index < -0.39 is 24.1 Å². The van der Waals surface area contributed by atoms with E-state index in [0.29, 0.717) is 6.61 Å². The Balaban J connectivity index is 2.03. The Morgan fingerprint density at radius 2 is 2.00 bits per heavy atom. The number of amides is 1. The molecule has 0 spiro atoms. The van der Waals surface area contributed by atoms with Crippen molar-refractivity contribution in [3.05, 3.63) is 0 Å². The van der Waals surface area contributed by atoms with E-state index in [0.717, 1.165) is 25.7 Å². The molecule has 1 fully saturated rings. The summed E-state index contributed by atoms with van der Waals surface area (Å²) in [6.07, 6.45) is 2.66. The number of rotatable bonds is 7. The highest BCUT2D eigenvalue weighted by atomic mass is 16.6. The van der Waals surface area contributed by atoms with E-state index in [1.165, 1.54) is 0 Å². The van der Waals surface area contributed by atoms with Gasteiger partial charge >= 0.3 is 5.97 Å². The van der Waals surface area contributed by atoms with Crippen LogP contribution < -0.4 is 5.73 Å². The molecule has 15 heavy (non-hydrogen) atoms. The SMILES string of the molecule is CCCCCCOC(=O)[C@@H]1O[C@@H]1C(N)=O. The molecule has 5 heteroatoms. The fourth-order valence-corrected chi connectivity index (χ4v) is 1.29. The third-order valence-electron chi connectivity index (χ3n) is 2.25. The first-order chi connectivity index (χ1) is 7.16. The molecule has 0 unspecified atom stereocenters. The molecule has 0 aromatic rings. The van der Waals surface area contributed by atoms with Gasteiger partial charge in [0.15, 0.2) is 12.2 Å². The minimum Gasteiger partial charge on any atom is -0.464 e. The molecular formula is C10H17NO4. The van der Waals surface area contributed by atoms with Crippen LogP contribution >= 0.6 is 0 Å². The number of carbonyl (C=O) groups excluding carboxylic acids is 2. The second-order valence-electron chi connectivity index (χ2n) is 3.61. The molecule has 1 rings (SSSR count). The molecule has 1 aliphatic heterocycles. The van der Waals surface area contributed by atoms with Gasteiger partial charge in [-0.2, -0.15) is 0 Å². The highest BCUT2D eigenvalue weighted by Gasteiger charge is 2.50. The topological polar surface area (TPSA) is 81.9 Å². The zero-order valence-corrected chi connectivity index (χ0v) is 8.90. The first kappa shape index (κ1) is 12.0. The van der Waals surface area contributed by atoms with Crippen molar-refractivity contribution in [3.63, 3.8) is 0 Å². The van der Waals surface area contributed by atoms with Gasteiger partial charge in [0, 0.05) is 0 Å². The van der Waals surface area contributed by atoms with E-state index in [-0.39, 0.29) is 0 Å². The van der Waals surface area contributed by atoms with Gasteiger partial charge in [-0.05, 0) is 6.42 Å². The molecule has 2 atom stereocenters. The zero-order valence-electron chi connectivity index (χ0n) is 8.90. The molecule has 86 valence electrons. The van der Waals surface area contributed by atoms with Crippen molar-refractivity contribution in [1.29, 1.82) is 0 Å². The van der Waals surface area contributed by atoms with Crippen molar-refractivity contribution in [3.8, 4) is 0 Å². The molecular weight excluding hydrogens is 198 g/mol. The highest BCUT2D eigenvalue weighted by Crippen LogP contribution is 2.22. The first-order valence-corrected chi connectivity index (χ1v) is 5.28. The molecule has 0 aliphatic carbocycles. The van der Waals surface area contributed by atoms with Gasteiger partial charge in [-0.15, -0.1) is 0 Å². The lowest BCUT2D eigenvalue weighted by Crippen LogP contribution is -2.24. The predicted octanol–water partition coefficient (Wildman–Crippen LogP) is 0.363. The lowest BCUT2D eigenvalue weighted by molar-refractivity contribution is -0.145. The van der Waals surface area contributed by atoms with Crippen molar-refractivity contribution in [1.82, 2.24) is 0 Å². The number of nitrogens with two attached hydrogens (primary N) is 1. The molecule has 0 aromatic carbocycles. The summed E-state index contributed by atoms with van der Waals surface area (Å²) >= 11 is 0. The number of ether oxygens (including phenoxy) is 2. The summed E-state index contributed by atoms with van der Waals surface area (Å²) in [5, 5.41) is 0. The Hall–Kier alpha value is -1.10. The molecule has 1 amide bonds. The van der Waals surface area contributed by atoms with Crippen molar-refractivity contribution >= 4 is 11.9 Å². The van der Waals surface area contributed by atoms with E-state index in [1.54, 1.807) is 0 Å². The van der Waals surface area contributed by atoms with E-state index in [2.05, 4.69) is 6.92 Å². The average molecular weight is 215 g/mol. The minimum atomic E-state index is -0.770. The van der Waals surface area contributed by atoms with Gasteiger partial charge in [0.05, 0.1) is 6.61 Å². The van der Waals surface area contributed by atoms with Crippen LogP contribution in [0.1, 0.15) is 32.6 Å². The van der Waals surface area contributed by atoms with E-state index >= 15 is 0 Å². The quantitative estimate of drug-likeness (QED) is 0.377. The van der Waals surface area contributed by atoms with Crippen LogP contribution in [0, 0.1) is 0 Å². The second kappa shape index (κ2) is 5.70. The third-order valence-corrected chi connectivity index (χ3v) is 2.25. The third kappa shape index (κ3) is 3.87. The van der Waals surface area contributed by atoms with E-state index in [1.807, 2.05) is 0 Å². The van der Waals surface area contributed by atoms with Gasteiger partial charge in [0.1, 0.15) is 0 Å². The second-order valence-corrected chi connectivity index (χ2v) is 3.61. The number of esters is 1. The first-order valence-electron chi connectivity index (χ1n) is 5.28. The van der Waals surface area contributed by atoms with Crippen molar-refractivity contribution in [2.24, 2.45) is 5.73 Å². The predicted molar refractivity (Wildman–Crippen MR) is 53.0 cm³/mol. The number of primary amides is 1. The fraction of sp³-hybridized carbons (Fsp3) is 0.800. The maximum atomic E-state index is 11.2. The van der Waals surface area contributed by atoms with Crippen LogP contribution in [0.15, 0.2) is 0 Å². The van der Waals surface area contributed by atoms with Crippen LogP contribution in [0.3, 0.4) is 0 Å². The Bertz CT molecular complexity index is 242. The summed E-state index contributed by atoms with van der Waals surface area (Å²) in [5.41, 5.74) is 4.95. The molecule has 2 N–H and O–H groups in total. The summed E-state index contributed by atoms with van der Waals surface area (Å²) in [6.45, 7) is 2.51. The summed E-state index contributed by atoms with van der Waals surface area (Å²) in [7, 11) is 0. The highest BCUT2D eigenvalue weighted by molar-refractivity contribution is 5.91. The van der Waals surface area contributed by atoms with Gasteiger partial charge in [-0.25, -0.2) is 4.79 Å². The summed E-state index contributed by atoms with van der Waals surface area (Å²) in [5.74, 6) is -1.08. The van der Waals surface area contributed by atoms with Gasteiger partial charge in [-0.1, -0.05) is 26.2 Å². The number of hydrogen-bond acceptors (Lipinski definition) is 4. The standard InChI is InChI=1S/C10H17NO4/c1-2-3-4-5-6-14-10(13)8-7(15-8)9(11)12/h7-8H,2-6H2,1H3,(H2,11,12)/t7-,8+/m0/s1. The maximum Gasteiger partial charge on any atom is 0.338 e. The molecule has 0 saturated carbocycles. The number of unbranched alkanes of at least 4 members (excludes halogenated alkanes) is 3. The van der Waals surface area contributed by atoms with Crippen molar-refractivity contribution in [2.75, 3.05) is 6.61 Å². The molecule has 1 saturated heterocycles. The average Bonchev–Trinajstić information content (AvgIpc) is 2.96. The van der Waals surface area contributed by atoms with Crippen LogP contribution in [-0.4, -0.2) is 30.7 Å². The van der Waals surface area contributed by atoms with Gasteiger partial charge in [-0.3, -0.25) is 4.79 Å². The molecule has 1 aliphatic rings. The smallest absolute Gasteiger partial charge is 0.338 e. The van der Waals surface area contributed by atoms with E-state index in [9.17, 15) is 9.59 Å². The number of carbonyl (C=O) groups is 2. The van der Waals surface area contributed by atoms with Crippen molar-refractivity contribution in [2.45, 2.75) is 44.8 Å². The molecule has 5 nitrogen and oxygen atoms in total.